The zero-order chi connectivity index (χ0) is 25.3. The predicted octanol–water partition coefficient (Wildman–Crippen LogP) is 3.72. The number of rotatable bonds is 7. The number of carbonyl (C=O) groups excluding carboxylic acids is 3. The maximum atomic E-state index is 13.0. The number of benzene rings is 3. The molecule has 0 radical (unpaired) electrons. The van der Waals surface area contributed by atoms with Crippen molar-refractivity contribution in [3.05, 3.63) is 89.0 Å². The van der Waals surface area contributed by atoms with E-state index in [0.717, 1.165) is 20.3 Å². The van der Waals surface area contributed by atoms with Crippen molar-refractivity contribution in [2.45, 2.75) is 25.2 Å². The largest absolute Gasteiger partial charge is 0.426 e. The Balaban J connectivity index is 1.38. The van der Waals surface area contributed by atoms with Crippen LogP contribution in [0.1, 0.15) is 38.3 Å². The highest BCUT2D eigenvalue weighted by atomic mass is 32.2. The Morgan fingerprint density at radius 2 is 1.49 bits per heavy atom. The fraction of sp³-hybridized carbons (Fsp3) is 0.192. The van der Waals surface area contributed by atoms with Crippen LogP contribution in [0.15, 0.2) is 71.6 Å². The van der Waals surface area contributed by atoms with Crippen LogP contribution in [0.5, 0.6) is 5.75 Å². The Hall–Kier alpha value is -3.98. The summed E-state index contributed by atoms with van der Waals surface area (Å²) in [5, 5.41) is 0. The molecule has 9 heteroatoms. The molecule has 0 fully saturated rings. The first-order valence-corrected chi connectivity index (χ1v) is 12.4. The molecule has 0 N–H and O–H groups in total. The third-order valence-corrected chi connectivity index (χ3v) is 7.77. The van der Waals surface area contributed by atoms with Gasteiger partial charge in [0, 0.05) is 13.6 Å². The molecule has 0 bridgehead atoms. The van der Waals surface area contributed by atoms with Gasteiger partial charge in [-0.3, -0.25) is 23.6 Å². The van der Waals surface area contributed by atoms with Gasteiger partial charge in [0.1, 0.15) is 5.75 Å². The third kappa shape index (κ3) is 4.67. The molecule has 180 valence electrons. The number of hydrogen-bond donors (Lipinski definition) is 0. The third-order valence-electron chi connectivity index (χ3n) is 5.99. The molecule has 3 aromatic carbocycles. The van der Waals surface area contributed by atoms with Gasteiger partial charge in [0.2, 0.25) is 0 Å². The van der Waals surface area contributed by atoms with Crippen LogP contribution < -0.4 is 9.04 Å². The van der Waals surface area contributed by atoms with Crippen molar-refractivity contribution in [1.29, 1.82) is 0 Å². The van der Waals surface area contributed by atoms with Crippen LogP contribution in [0.2, 0.25) is 0 Å². The SMILES string of the molecule is Cc1ccc(S(=O)(=O)N(C)c2ccc(OC(=O)CCN3C(=O)c4ccccc4C3=O)cc2)cc1C. The van der Waals surface area contributed by atoms with Crippen LogP contribution in [0.3, 0.4) is 0 Å². The van der Waals surface area contributed by atoms with Crippen molar-refractivity contribution in [3.63, 3.8) is 0 Å². The summed E-state index contributed by atoms with van der Waals surface area (Å²) in [6.45, 7) is 3.67. The lowest BCUT2D eigenvalue weighted by Crippen LogP contribution is -2.32. The molecule has 0 unspecified atom stereocenters. The quantitative estimate of drug-likeness (QED) is 0.283. The van der Waals surface area contributed by atoms with Gasteiger partial charge in [-0.15, -0.1) is 0 Å². The summed E-state index contributed by atoms with van der Waals surface area (Å²) in [6, 6.07) is 17.5. The summed E-state index contributed by atoms with van der Waals surface area (Å²) in [7, 11) is -2.31. The van der Waals surface area contributed by atoms with Gasteiger partial charge in [0.05, 0.1) is 28.1 Å². The highest BCUT2D eigenvalue weighted by Gasteiger charge is 2.35. The van der Waals surface area contributed by atoms with E-state index in [1.807, 2.05) is 13.8 Å². The second-order valence-electron chi connectivity index (χ2n) is 8.24. The Kier molecular flexibility index (Phi) is 6.45. The molecule has 1 aliphatic heterocycles. The van der Waals surface area contributed by atoms with Gasteiger partial charge in [0.15, 0.2) is 0 Å². The maximum absolute atomic E-state index is 13.0. The van der Waals surface area contributed by atoms with Gasteiger partial charge in [-0.2, -0.15) is 0 Å². The molecular weight excluding hydrogens is 468 g/mol. The zero-order valence-corrected chi connectivity index (χ0v) is 20.3. The lowest BCUT2D eigenvalue weighted by atomic mass is 10.1. The smallest absolute Gasteiger partial charge is 0.312 e. The predicted molar refractivity (Wildman–Crippen MR) is 130 cm³/mol. The van der Waals surface area contributed by atoms with E-state index in [9.17, 15) is 22.8 Å². The van der Waals surface area contributed by atoms with E-state index in [0.29, 0.717) is 16.8 Å². The van der Waals surface area contributed by atoms with Crippen LogP contribution in [0.25, 0.3) is 0 Å². The van der Waals surface area contributed by atoms with Crippen LogP contribution >= 0.6 is 0 Å². The number of amides is 2. The average Bonchev–Trinajstić information content (AvgIpc) is 3.09. The van der Waals surface area contributed by atoms with Crippen molar-refractivity contribution < 1.29 is 27.5 Å². The van der Waals surface area contributed by atoms with Gasteiger partial charge in [0.25, 0.3) is 21.8 Å². The van der Waals surface area contributed by atoms with Gasteiger partial charge < -0.3 is 4.74 Å². The Morgan fingerprint density at radius 1 is 0.886 bits per heavy atom. The highest BCUT2D eigenvalue weighted by Crippen LogP contribution is 2.26. The molecule has 0 aromatic heterocycles. The minimum absolute atomic E-state index is 0.0970. The standard InChI is InChI=1S/C26H24N2O6S/c1-17-8-13-21(16-18(17)2)35(32,33)27(3)19-9-11-20(12-10-19)34-24(29)14-15-28-25(30)22-6-4-5-7-23(22)26(28)31/h4-13,16H,14-15H2,1-3H3. The molecule has 0 atom stereocenters. The van der Waals surface area contributed by atoms with Gasteiger partial charge in [-0.05, 0) is 73.5 Å². The van der Waals surface area contributed by atoms with Gasteiger partial charge in [-0.25, -0.2) is 8.42 Å². The molecule has 1 heterocycles. The van der Waals surface area contributed by atoms with E-state index >= 15 is 0 Å². The summed E-state index contributed by atoms with van der Waals surface area (Å²) in [5.74, 6) is -1.27. The van der Waals surface area contributed by atoms with E-state index in [1.54, 1.807) is 42.5 Å². The fourth-order valence-corrected chi connectivity index (χ4v) is 5.00. The number of fused-ring (bicyclic) bond motifs is 1. The van der Waals surface area contributed by atoms with Crippen LogP contribution in [-0.4, -0.2) is 44.7 Å². The van der Waals surface area contributed by atoms with Gasteiger partial charge in [-0.1, -0.05) is 18.2 Å². The first-order chi connectivity index (χ1) is 16.6. The molecule has 1 aliphatic rings. The Morgan fingerprint density at radius 3 is 2.06 bits per heavy atom. The van der Waals surface area contributed by atoms with E-state index in [4.69, 9.17) is 4.74 Å². The van der Waals surface area contributed by atoms with E-state index in [-0.39, 0.29) is 23.6 Å². The summed E-state index contributed by atoms with van der Waals surface area (Å²) in [4.78, 5) is 38.3. The first kappa shape index (κ1) is 24.2. The average molecular weight is 493 g/mol. The number of nitrogens with zero attached hydrogens (tertiary/aromatic N) is 2. The maximum Gasteiger partial charge on any atom is 0.312 e. The molecule has 8 nitrogen and oxygen atoms in total. The molecule has 0 saturated carbocycles. The van der Waals surface area contributed by atoms with Crippen molar-refractivity contribution in [2.75, 3.05) is 17.9 Å². The fourth-order valence-electron chi connectivity index (χ4n) is 3.72. The Bertz CT molecular complexity index is 1400. The zero-order valence-electron chi connectivity index (χ0n) is 19.5. The lowest BCUT2D eigenvalue weighted by molar-refractivity contribution is -0.134. The number of aryl methyl sites for hydroxylation is 2. The van der Waals surface area contributed by atoms with Crippen LogP contribution in [0.4, 0.5) is 5.69 Å². The molecule has 0 spiro atoms. The highest BCUT2D eigenvalue weighted by molar-refractivity contribution is 7.92. The molecule has 4 rings (SSSR count). The topological polar surface area (TPSA) is 101 Å². The second-order valence-corrected chi connectivity index (χ2v) is 10.2. The van der Waals surface area contributed by atoms with Crippen molar-refractivity contribution in [1.82, 2.24) is 4.90 Å². The monoisotopic (exact) mass is 492 g/mol. The minimum atomic E-state index is -3.76. The van der Waals surface area contributed by atoms with Crippen LogP contribution in [0, 0.1) is 13.8 Å². The first-order valence-electron chi connectivity index (χ1n) is 10.9. The second kappa shape index (κ2) is 9.34. The number of hydrogen-bond acceptors (Lipinski definition) is 6. The van der Waals surface area contributed by atoms with Crippen molar-refractivity contribution in [2.24, 2.45) is 0 Å². The van der Waals surface area contributed by atoms with Crippen molar-refractivity contribution in [3.8, 4) is 5.75 Å². The normalized spacial score (nSPS) is 13.1. The number of imide groups is 1. The summed E-state index contributed by atoms with van der Waals surface area (Å²) in [6.07, 6.45) is -0.172. The number of esters is 1. The summed E-state index contributed by atoms with van der Waals surface area (Å²) >= 11 is 0. The summed E-state index contributed by atoms with van der Waals surface area (Å²) in [5.41, 5.74) is 2.92. The van der Waals surface area contributed by atoms with E-state index < -0.39 is 27.8 Å². The number of carbonyl (C=O) groups is 3. The lowest BCUT2D eigenvalue weighted by Gasteiger charge is -2.20. The molecule has 35 heavy (non-hydrogen) atoms. The Labute approximate surface area is 203 Å². The van der Waals surface area contributed by atoms with E-state index in [2.05, 4.69) is 0 Å². The minimum Gasteiger partial charge on any atom is -0.426 e. The number of anilines is 1. The van der Waals surface area contributed by atoms with Gasteiger partial charge >= 0.3 is 5.97 Å². The van der Waals surface area contributed by atoms with E-state index in [1.165, 1.54) is 31.3 Å². The van der Waals surface area contributed by atoms with Crippen LogP contribution in [-0.2, 0) is 14.8 Å². The molecule has 0 saturated heterocycles. The molecule has 0 aliphatic carbocycles. The summed E-state index contributed by atoms with van der Waals surface area (Å²) < 4.78 is 32.4. The number of sulfonamides is 1. The molecule has 3 aromatic rings. The molecular formula is C26H24N2O6S. The molecule has 2 amide bonds. The van der Waals surface area contributed by atoms with Crippen molar-refractivity contribution >= 4 is 33.5 Å². The number of ether oxygens (including phenoxy) is 1.